The van der Waals surface area contributed by atoms with E-state index in [1.54, 1.807) is 29.2 Å². The van der Waals surface area contributed by atoms with Gasteiger partial charge in [-0.25, -0.2) is 9.78 Å². The van der Waals surface area contributed by atoms with Gasteiger partial charge in [0.1, 0.15) is 0 Å². The van der Waals surface area contributed by atoms with Crippen LogP contribution in [0.3, 0.4) is 0 Å². The number of rotatable bonds is 7. The Bertz CT molecular complexity index is 885. The van der Waals surface area contributed by atoms with Gasteiger partial charge in [0.25, 0.3) is 0 Å². The molecule has 2 heterocycles. The molecule has 1 aliphatic rings. The number of amides is 1. The van der Waals surface area contributed by atoms with Crippen molar-refractivity contribution >= 4 is 40.7 Å². The molecule has 0 atom stereocenters. The Morgan fingerprint density at radius 3 is 2.68 bits per heavy atom. The Balaban J connectivity index is 1.51. The number of unbranched alkanes of at least 4 members (excludes halogenated alkanes) is 1. The first-order valence-electron chi connectivity index (χ1n) is 8.94. The largest absolute Gasteiger partial charge is 0.453 e. The molecule has 1 aliphatic heterocycles. The number of carbonyl (C=O) groups is 1. The fourth-order valence-corrected chi connectivity index (χ4v) is 3.74. The normalized spacial score (nSPS) is 12.5. The molecular weight excluding hydrogens is 404 g/mol. The first-order valence-corrected chi connectivity index (χ1v) is 9.70. The summed E-state index contributed by atoms with van der Waals surface area (Å²) in [6, 6.07) is 8.18. The quantitative estimate of drug-likeness (QED) is 0.430. The van der Waals surface area contributed by atoms with Gasteiger partial charge < -0.3 is 9.64 Å². The van der Waals surface area contributed by atoms with Crippen molar-refractivity contribution in [3.63, 3.8) is 0 Å². The number of carbonyl (C=O) groups excluding carboxylic acids is 1. The van der Waals surface area contributed by atoms with Crippen LogP contribution in [0.15, 0.2) is 35.3 Å². The molecule has 5 nitrogen and oxygen atoms in total. The fourth-order valence-electron chi connectivity index (χ4n) is 3.17. The predicted octanol–water partition coefficient (Wildman–Crippen LogP) is 5.60. The summed E-state index contributed by atoms with van der Waals surface area (Å²) in [5.74, 6) is -0.481. The number of pyridine rings is 1. The van der Waals surface area contributed by atoms with Crippen LogP contribution in [0.5, 0.6) is 0 Å². The van der Waals surface area contributed by atoms with Crippen LogP contribution in [0, 0.1) is 5.95 Å². The minimum absolute atomic E-state index is 0.364. The van der Waals surface area contributed by atoms with Crippen molar-refractivity contribution in [2.45, 2.75) is 32.2 Å². The number of hydrogen-bond acceptors (Lipinski definition) is 4. The lowest BCUT2D eigenvalue weighted by molar-refractivity contribution is 0.120. The van der Waals surface area contributed by atoms with Gasteiger partial charge >= 0.3 is 6.09 Å². The second-order valence-electron chi connectivity index (χ2n) is 6.58. The molecule has 8 heteroatoms. The molecule has 0 spiro atoms. The minimum Gasteiger partial charge on any atom is -0.453 e. The third-order valence-corrected chi connectivity index (χ3v) is 4.87. The number of benzene rings is 1. The highest BCUT2D eigenvalue weighted by Crippen LogP contribution is 2.26. The Kier molecular flexibility index (Phi) is 6.86. The third-order valence-electron chi connectivity index (χ3n) is 4.44. The molecule has 0 saturated carbocycles. The molecule has 0 fully saturated rings. The first-order chi connectivity index (χ1) is 13.4. The number of aliphatic imine (C=N–C) groups is 1. The Morgan fingerprint density at radius 1 is 1.21 bits per heavy atom. The molecule has 28 heavy (non-hydrogen) atoms. The third kappa shape index (κ3) is 5.42. The predicted molar refractivity (Wildman–Crippen MR) is 108 cm³/mol. The Hall–Kier alpha value is -2.18. The molecule has 1 aromatic heterocycles. The van der Waals surface area contributed by atoms with Crippen LogP contribution in [-0.2, 0) is 17.7 Å². The summed E-state index contributed by atoms with van der Waals surface area (Å²) in [7, 11) is 1.36. The number of halogens is 3. The van der Waals surface area contributed by atoms with Crippen molar-refractivity contribution in [3.8, 4) is 0 Å². The average Bonchev–Trinajstić information content (AvgIpc) is 3.04. The molecule has 1 aromatic carbocycles. The number of nitrogens with zero attached hydrogens (tertiary/aromatic N) is 3. The molecule has 0 aliphatic carbocycles. The van der Waals surface area contributed by atoms with E-state index >= 15 is 0 Å². The molecule has 3 rings (SSSR count). The zero-order valence-electron chi connectivity index (χ0n) is 15.4. The van der Waals surface area contributed by atoms with Gasteiger partial charge in [-0.2, -0.15) is 4.39 Å². The number of hydrogen-bond donors (Lipinski definition) is 0. The molecule has 0 saturated heterocycles. The lowest BCUT2D eigenvalue weighted by atomic mass is 10.1. The average molecular weight is 424 g/mol. The monoisotopic (exact) mass is 423 g/mol. The van der Waals surface area contributed by atoms with Crippen LogP contribution in [0.4, 0.5) is 14.9 Å². The number of methoxy groups -OCH3 is 1. The summed E-state index contributed by atoms with van der Waals surface area (Å²) in [5, 5.41) is 1.05. The number of fused-ring (bicyclic) bond motifs is 1. The van der Waals surface area contributed by atoms with Gasteiger partial charge in [0, 0.05) is 35.3 Å². The van der Waals surface area contributed by atoms with E-state index in [-0.39, 0.29) is 0 Å². The fraction of sp³-hybridized carbons (Fsp3) is 0.350. The minimum atomic E-state index is -0.481. The van der Waals surface area contributed by atoms with Gasteiger partial charge in [-0.15, -0.1) is 0 Å². The molecule has 0 unspecified atom stereocenters. The van der Waals surface area contributed by atoms with Crippen molar-refractivity contribution in [3.05, 3.63) is 57.6 Å². The topological polar surface area (TPSA) is 54.8 Å². The van der Waals surface area contributed by atoms with Gasteiger partial charge in [0.15, 0.2) is 0 Å². The highest BCUT2D eigenvalue weighted by atomic mass is 35.5. The van der Waals surface area contributed by atoms with E-state index in [1.165, 1.54) is 13.2 Å². The van der Waals surface area contributed by atoms with Crippen molar-refractivity contribution in [2.75, 3.05) is 13.7 Å². The maximum atomic E-state index is 13.2. The summed E-state index contributed by atoms with van der Waals surface area (Å²) in [6.07, 6.45) is 2.58. The maximum absolute atomic E-state index is 13.2. The van der Waals surface area contributed by atoms with Crippen molar-refractivity contribution < 1.29 is 13.9 Å². The molecule has 148 valence electrons. The Labute approximate surface area is 173 Å². The maximum Gasteiger partial charge on any atom is 0.409 e. The lowest BCUT2D eigenvalue weighted by Crippen LogP contribution is -2.31. The van der Waals surface area contributed by atoms with Gasteiger partial charge in [-0.1, -0.05) is 23.2 Å². The van der Waals surface area contributed by atoms with Crippen molar-refractivity contribution in [1.82, 2.24) is 9.88 Å². The van der Waals surface area contributed by atoms with Gasteiger partial charge in [0.2, 0.25) is 5.95 Å². The highest BCUT2D eigenvalue weighted by molar-refractivity contribution is 6.34. The molecule has 2 aromatic rings. The lowest BCUT2D eigenvalue weighted by Gasteiger charge is -2.21. The summed E-state index contributed by atoms with van der Waals surface area (Å²) < 4.78 is 18.1. The smallest absolute Gasteiger partial charge is 0.409 e. The van der Waals surface area contributed by atoms with E-state index in [9.17, 15) is 9.18 Å². The van der Waals surface area contributed by atoms with E-state index in [1.807, 2.05) is 0 Å². The summed E-state index contributed by atoms with van der Waals surface area (Å²) in [5.41, 5.74) is 3.25. The Morgan fingerprint density at radius 2 is 1.96 bits per heavy atom. The van der Waals surface area contributed by atoms with Gasteiger partial charge in [-0.3, -0.25) is 4.99 Å². The summed E-state index contributed by atoms with van der Waals surface area (Å²) in [6.45, 7) is 0.895. The second-order valence-corrected chi connectivity index (χ2v) is 7.45. The molecule has 0 radical (unpaired) electrons. The van der Waals surface area contributed by atoms with E-state index in [0.717, 1.165) is 36.2 Å². The van der Waals surface area contributed by atoms with Crippen LogP contribution in [0.2, 0.25) is 10.0 Å². The van der Waals surface area contributed by atoms with E-state index in [2.05, 4.69) is 9.98 Å². The second kappa shape index (κ2) is 9.34. The molecular formula is C20H20Cl2FN3O2. The molecule has 0 N–H and O–H groups in total. The van der Waals surface area contributed by atoms with Gasteiger partial charge in [-0.05, 0) is 55.2 Å². The van der Waals surface area contributed by atoms with E-state index < -0.39 is 12.0 Å². The van der Waals surface area contributed by atoms with Crippen LogP contribution in [0.1, 0.15) is 30.5 Å². The molecule has 1 amide bonds. The summed E-state index contributed by atoms with van der Waals surface area (Å²) in [4.78, 5) is 22.1. The van der Waals surface area contributed by atoms with Crippen LogP contribution >= 0.6 is 23.2 Å². The zero-order chi connectivity index (χ0) is 20.1. The number of ether oxygens (including phenoxy) is 1. The van der Waals surface area contributed by atoms with E-state index in [0.29, 0.717) is 35.2 Å². The standard InChI is InChI=1S/C20H20Cl2FN3O2/c1-28-20(27)26(12-13-8-14(21)10-15(22)9-13)7-3-2-4-16-11-18-17(24-16)5-6-19(23)25-18/h5-6,8-10H,2-4,7,11-12H2,1H3. The van der Waals surface area contributed by atoms with Crippen molar-refractivity contribution in [1.29, 1.82) is 0 Å². The molecule has 0 bridgehead atoms. The zero-order valence-corrected chi connectivity index (χ0v) is 16.9. The van der Waals surface area contributed by atoms with Gasteiger partial charge in [0.05, 0.1) is 18.5 Å². The summed E-state index contributed by atoms with van der Waals surface area (Å²) >= 11 is 12.1. The SMILES string of the molecule is COC(=O)N(CCCCC1=Nc2ccc(F)nc2C1)Cc1cc(Cl)cc(Cl)c1. The first kappa shape index (κ1) is 20.6. The van der Waals surface area contributed by atoms with Crippen LogP contribution in [-0.4, -0.2) is 35.3 Å². The van der Waals surface area contributed by atoms with Crippen molar-refractivity contribution in [2.24, 2.45) is 4.99 Å². The van der Waals surface area contributed by atoms with E-state index in [4.69, 9.17) is 27.9 Å². The highest BCUT2D eigenvalue weighted by Gasteiger charge is 2.18. The number of aromatic nitrogens is 1. The van der Waals surface area contributed by atoms with Crippen LogP contribution < -0.4 is 0 Å². The van der Waals surface area contributed by atoms with Crippen LogP contribution in [0.25, 0.3) is 0 Å².